The first-order chi connectivity index (χ1) is 11.5. The number of amides is 1. The third kappa shape index (κ3) is 3.26. The summed E-state index contributed by atoms with van der Waals surface area (Å²) in [7, 11) is 0. The molecule has 4 nitrogen and oxygen atoms in total. The summed E-state index contributed by atoms with van der Waals surface area (Å²) in [5.41, 5.74) is 3.96. The van der Waals surface area contributed by atoms with Crippen LogP contribution in [0.15, 0.2) is 51.7 Å². The van der Waals surface area contributed by atoms with Crippen LogP contribution in [-0.4, -0.2) is 10.9 Å². The topological polar surface area (TPSA) is 62.0 Å². The zero-order valence-electron chi connectivity index (χ0n) is 13.4. The number of aryl methyl sites for hydroxylation is 2. The quantitative estimate of drug-likeness (QED) is 0.720. The molecular weight excluding hydrogens is 368 g/mol. The standard InChI is InChI=1S/C19H17BrN2O2/c1-11-6-7-13-8-15(19(24)22-17(13)12(11)2)10-21-18(23)14-4-3-5-16(20)9-14/h3-9H,10H2,1-2H3,(H,21,23)(H,22,24). The number of H-pyrrole nitrogens is 1. The molecule has 2 aromatic carbocycles. The molecule has 5 heteroatoms. The van der Waals surface area contributed by atoms with Crippen molar-refractivity contribution in [1.82, 2.24) is 10.3 Å². The summed E-state index contributed by atoms with van der Waals surface area (Å²) in [4.78, 5) is 27.4. The van der Waals surface area contributed by atoms with Gasteiger partial charge in [-0.2, -0.15) is 0 Å². The van der Waals surface area contributed by atoms with Crippen molar-refractivity contribution in [2.45, 2.75) is 20.4 Å². The normalized spacial score (nSPS) is 10.8. The molecule has 0 saturated carbocycles. The van der Waals surface area contributed by atoms with Crippen molar-refractivity contribution in [3.63, 3.8) is 0 Å². The van der Waals surface area contributed by atoms with E-state index in [9.17, 15) is 9.59 Å². The highest BCUT2D eigenvalue weighted by Gasteiger charge is 2.09. The van der Waals surface area contributed by atoms with E-state index in [-0.39, 0.29) is 18.0 Å². The lowest BCUT2D eigenvalue weighted by Gasteiger charge is -2.09. The van der Waals surface area contributed by atoms with Gasteiger partial charge in [0.25, 0.3) is 11.5 Å². The third-order valence-corrected chi connectivity index (χ3v) is 4.65. The minimum Gasteiger partial charge on any atom is -0.348 e. The second kappa shape index (κ2) is 6.61. The number of rotatable bonds is 3. The summed E-state index contributed by atoms with van der Waals surface area (Å²) < 4.78 is 0.838. The SMILES string of the molecule is Cc1ccc2cc(CNC(=O)c3cccc(Br)c3)c(=O)[nH]c2c1C. The van der Waals surface area contributed by atoms with Gasteiger partial charge in [-0.3, -0.25) is 9.59 Å². The number of hydrogen-bond acceptors (Lipinski definition) is 2. The molecule has 0 spiro atoms. The van der Waals surface area contributed by atoms with E-state index in [0.717, 1.165) is 26.5 Å². The average Bonchev–Trinajstić information content (AvgIpc) is 2.57. The summed E-state index contributed by atoms with van der Waals surface area (Å²) in [6, 6.07) is 13.0. The molecule has 0 unspecified atom stereocenters. The van der Waals surface area contributed by atoms with Gasteiger partial charge in [-0.25, -0.2) is 0 Å². The number of fused-ring (bicyclic) bond motifs is 1. The van der Waals surface area contributed by atoms with E-state index in [1.807, 2.05) is 38.1 Å². The summed E-state index contributed by atoms with van der Waals surface area (Å²) in [6.07, 6.45) is 0. The third-order valence-electron chi connectivity index (χ3n) is 4.15. The first kappa shape index (κ1) is 16.5. The van der Waals surface area contributed by atoms with Crippen molar-refractivity contribution >= 4 is 32.7 Å². The van der Waals surface area contributed by atoms with Crippen LogP contribution in [0, 0.1) is 13.8 Å². The molecule has 0 radical (unpaired) electrons. The van der Waals surface area contributed by atoms with E-state index < -0.39 is 0 Å². The van der Waals surface area contributed by atoms with Gasteiger partial charge in [0.05, 0.1) is 5.52 Å². The molecule has 0 fully saturated rings. The molecule has 3 rings (SSSR count). The van der Waals surface area contributed by atoms with Gasteiger partial charge in [0.2, 0.25) is 0 Å². The Morgan fingerprint density at radius 1 is 1.17 bits per heavy atom. The van der Waals surface area contributed by atoms with Gasteiger partial charge in [0, 0.05) is 22.1 Å². The molecule has 3 aromatic rings. The van der Waals surface area contributed by atoms with E-state index >= 15 is 0 Å². The molecule has 24 heavy (non-hydrogen) atoms. The van der Waals surface area contributed by atoms with Crippen molar-refractivity contribution in [3.05, 3.63) is 79.5 Å². The molecule has 0 aliphatic carbocycles. The van der Waals surface area contributed by atoms with Gasteiger partial charge in [-0.05, 0) is 54.6 Å². The van der Waals surface area contributed by atoms with E-state index in [2.05, 4.69) is 26.2 Å². The summed E-state index contributed by atoms with van der Waals surface area (Å²) >= 11 is 3.34. The van der Waals surface area contributed by atoms with E-state index in [1.165, 1.54) is 0 Å². The highest BCUT2D eigenvalue weighted by molar-refractivity contribution is 9.10. The Bertz CT molecular complexity index is 992. The minimum absolute atomic E-state index is 0.175. The van der Waals surface area contributed by atoms with Gasteiger partial charge >= 0.3 is 0 Å². The highest BCUT2D eigenvalue weighted by atomic mass is 79.9. The van der Waals surface area contributed by atoms with Gasteiger partial charge in [0.15, 0.2) is 0 Å². The Kier molecular flexibility index (Phi) is 4.53. The molecule has 0 saturated heterocycles. The van der Waals surface area contributed by atoms with Crippen LogP contribution >= 0.6 is 15.9 Å². The van der Waals surface area contributed by atoms with Crippen LogP contribution in [0.4, 0.5) is 0 Å². The fourth-order valence-corrected chi connectivity index (χ4v) is 3.01. The van der Waals surface area contributed by atoms with Gasteiger partial charge < -0.3 is 10.3 Å². The van der Waals surface area contributed by atoms with E-state index in [0.29, 0.717) is 11.1 Å². The van der Waals surface area contributed by atoms with E-state index in [4.69, 9.17) is 0 Å². The fourth-order valence-electron chi connectivity index (χ4n) is 2.61. The molecule has 1 amide bonds. The minimum atomic E-state index is -0.212. The van der Waals surface area contributed by atoms with Crippen LogP contribution in [-0.2, 0) is 6.54 Å². The van der Waals surface area contributed by atoms with E-state index in [1.54, 1.807) is 18.2 Å². The van der Waals surface area contributed by atoms with Crippen LogP contribution in [0.2, 0.25) is 0 Å². The number of benzene rings is 2. The van der Waals surface area contributed by atoms with Crippen LogP contribution in [0.5, 0.6) is 0 Å². The van der Waals surface area contributed by atoms with Crippen molar-refractivity contribution in [2.24, 2.45) is 0 Å². The zero-order valence-corrected chi connectivity index (χ0v) is 15.0. The van der Waals surface area contributed by atoms with Crippen molar-refractivity contribution in [3.8, 4) is 0 Å². The van der Waals surface area contributed by atoms with Gasteiger partial charge in [0.1, 0.15) is 0 Å². The second-order valence-corrected chi connectivity index (χ2v) is 6.70. The number of aromatic amines is 1. The smallest absolute Gasteiger partial charge is 0.253 e. The van der Waals surface area contributed by atoms with Crippen molar-refractivity contribution in [1.29, 1.82) is 0 Å². The Morgan fingerprint density at radius 2 is 1.96 bits per heavy atom. The fraction of sp³-hybridized carbons (Fsp3) is 0.158. The number of nitrogens with one attached hydrogen (secondary N) is 2. The lowest BCUT2D eigenvalue weighted by atomic mass is 10.0. The lowest BCUT2D eigenvalue weighted by molar-refractivity contribution is 0.0950. The Morgan fingerprint density at radius 3 is 2.71 bits per heavy atom. The molecule has 2 N–H and O–H groups in total. The molecule has 122 valence electrons. The maximum absolute atomic E-state index is 12.3. The number of carbonyl (C=O) groups is 1. The molecule has 0 atom stereocenters. The Hall–Kier alpha value is -2.40. The maximum Gasteiger partial charge on any atom is 0.253 e. The second-order valence-electron chi connectivity index (χ2n) is 5.79. The van der Waals surface area contributed by atoms with Crippen molar-refractivity contribution in [2.75, 3.05) is 0 Å². The maximum atomic E-state index is 12.3. The highest BCUT2D eigenvalue weighted by Crippen LogP contribution is 2.19. The van der Waals surface area contributed by atoms with Crippen LogP contribution < -0.4 is 10.9 Å². The number of carbonyl (C=O) groups excluding carboxylic acids is 1. The number of aromatic nitrogens is 1. The average molecular weight is 385 g/mol. The van der Waals surface area contributed by atoms with Gasteiger partial charge in [-0.1, -0.05) is 34.1 Å². The summed E-state index contributed by atoms with van der Waals surface area (Å²) in [6.45, 7) is 4.19. The van der Waals surface area contributed by atoms with Crippen LogP contribution in [0.1, 0.15) is 27.0 Å². The molecule has 0 aliphatic rings. The predicted molar refractivity (Wildman–Crippen MR) is 99.4 cm³/mol. The summed E-state index contributed by atoms with van der Waals surface area (Å²) in [5, 5.41) is 3.76. The molecule has 1 heterocycles. The van der Waals surface area contributed by atoms with Gasteiger partial charge in [-0.15, -0.1) is 0 Å². The first-order valence-electron chi connectivity index (χ1n) is 7.61. The molecule has 0 bridgehead atoms. The van der Waals surface area contributed by atoms with Crippen molar-refractivity contribution < 1.29 is 4.79 Å². The van der Waals surface area contributed by atoms with Crippen LogP contribution in [0.3, 0.4) is 0 Å². The first-order valence-corrected chi connectivity index (χ1v) is 8.41. The molecule has 0 aliphatic heterocycles. The Balaban J connectivity index is 1.85. The zero-order chi connectivity index (χ0) is 17.3. The number of hydrogen-bond donors (Lipinski definition) is 2. The Labute approximate surface area is 148 Å². The number of pyridine rings is 1. The molecular formula is C19H17BrN2O2. The lowest BCUT2D eigenvalue weighted by Crippen LogP contribution is -2.26. The predicted octanol–water partition coefficient (Wildman–Crippen LogP) is 3.84. The summed E-state index contributed by atoms with van der Waals surface area (Å²) in [5.74, 6) is -0.212. The van der Waals surface area contributed by atoms with Crippen LogP contribution in [0.25, 0.3) is 10.9 Å². The molecule has 1 aromatic heterocycles. The largest absolute Gasteiger partial charge is 0.348 e. The monoisotopic (exact) mass is 384 g/mol. The number of halogens is 1.